The number of carbonyl (C=O) groups is 1. The van der Waals surface area contributed by atoms with Crippen LogP contribution in [0.2, 0.25) is 0 Å². The predicted octanol–water partition coefficient (Wildman–Crippen LogP) is 6.12. The molecule has 0 saturated carbocycles. The Bertz CT molecular complexity index is 1340. The minimum atomic E-state index is -0.380. The summed E-state index contributed by atoms with van der Waals surface area (Å²) < 4.78 is 0. The summed E-state index contributed by atoms with van der Waals surface area (Å²) >= 11 is 0. The van der Waals surface area contributed by atoms with Crippen molar-refractivity contribution in [1.29, 1.82) is 0 Å². The molecule has 1 aromatic heterocycles. The second kappa shape index (κ2) is 10.3. The van der Waals surface area contributed by atoms with E-state index < -0.39 is 0 Å². The number of piperidine rings is 3. The van der Waals surface area contributed by atoms with Gasteiger partial charge in [-0.15, -0.1) is 6.58 Å². The van der Waals surface area contributed by atoms with Gasteiger partial charge in [0.05, 0.1) is 17.5 Å². The molecule has 4 heterocycles. The molecule has 5 atom stereocenters. The van der Waals surface area contributed by atoms with Gasteiger partial charge in [0.15, 0.2) is 0 Å². The molecule has 1 unspecified atom stereocenters. The number of carbonyl (C=O) groups excluding carboxylic acids is 1. The van der Waals surface area contributed by atoms with E-state index in [-0.39, 0.29) is 23.9 Å². The van der Waals surface area contributed by atoms with Gasteiger partial charge in [0.1, 0.15) is 0 Å². The lowest BCUT2D eigenvalue weighted by Crippen LogP contribution is -2.57. The van der Waals surface area contributed by atoms with Gasteiger partial charge in [0.25, 0.3) is 0 Å². The Hall–Kier alpha value is -3.76. The zero-order valence-corrected chi connectivity index (χ0v) is 21.0. The van der Waals surface area contributed by atoms with E-state index in [1.165, 1.54) is 6.42 Å². The summed E-state index contributed by atoms with van der Waals surface area (Å²) in [6, 6.07) is 30.7. The Morgan fingerprint density at radius 2 is 1.62 bits per heavy atom. The molecule has 2 bridgehead atoms. The quantitative estimate of drug-likeness (QED) is 0.320. The molecule has 186 valence electrons. The average Bonchev–Trinajstić information content (AvgIpc) is 2.97. The van der Waals surface area contributed by atoms with E-state index in [4.69, 9.17) is 0 Å². The highest BCUT2D eigenvalue weighted by atomic mass is 16.2. The molecule has 3 fully saturated rings. The molecule has 1 N–H and O–H groups in total. The van der Waals surface area contributed by atoms with Gasteiger partial charge >= 0.3 is 0 Å². The van der Waals surface area contributed by atoms with Crippen LogP contribution >= 0.6 is 0 Å². The Kier molecular flexibility index (Phi) is 6.58. The molecule has 3 aromatic carbocycles. The summed E-state index contributed by atoms with van der Waals surface area (Å²) in [6.45, 7) is 6.18. The Morgan fingerprint density at radius 3 is 2.27 bits per heavy atom. The number of hydrogen-bond donors (Lipinski definition) is 1. The third kappa shape index (κ3) is 4.58. The summed E-state index contributed by atoms with van der Waals surface area (Å²) in [5.41, 5.74) is 4.11. The van der Waals surface area contributed by atoms with Gasteiger partial charge in [0.2, 0.25) is 5.91 Å². The first-order valence-electron chi connectivity index (χ1n) is 13.3. The summed E-state index contributed by atoms with van der Waals surface area (Å²) in [6.07, 6.45) is 6.26. The van der Waals surface area contributed by atoms with Crippen LogP contribution in [0.5, 0.6) is 0 Å². The minimum absolute atomic E-state index is 0.0335. The number of aromatic nitrogens is 1. The van der Waals surface area contributed by atoms with Crippen molar-refractivity contribution in [3.05, 3.63) is 127 Å². The maximum absolute atomic E-state index is 14.3. The largest absolute Gasteiger partial charge is 0.347 e. The van der Waals surface area contributed by atoms with Crippen LogP contribution < -0.4 is 5.32 Å². The molecule has 3 aliphatic heterocycles. The minimum Gasteiger partial charge on any atom is -0.347 e. The maximum Gasteiger partial charge on any atom is 0.232 e. The van der Waals surface area contributed by atoms with Crippen LogP contribution in [0, 0.1) is 11.8 Å². The van der Waals surface area contributed by atoms with Crippen molar-refractivity contribution in [1.82, 2.24) is 15.2 Å². The smallest absolute Gasteiger partial charge is 0.232 e. The van der Waals surface area contributed by atoms with Crippen LogP contribution in [0.1, 0.15) is 41.5 Å². The van der Waals surface area contributed by atoms with Crippen LogP contribution in [-0.2, 0) is 4.79 Å². The Labute approximate surface area is 219 Å². The van der Waals surface area contributed by atoms with E-state index in [2.05, 4.69) is 76.4 Å². The van der Waals surface area contributed by atoms with Crippen LogP contribution in [0.15, 0.2) is 110 Å². The second-order valence-corrected chi connectivity index (χ2v) is 10.4. The lowest BCUT2D eigenvalue weighted by molar-refractivity contribution is -0.123. The average molecular weight is 488 g/mol. The highest BCUT2D eigenvalue weighted by molar-refractivity contribution is 5.89. The number of fused-ring (bicyclic) bond motifs is 4. The van der Waals surface area contributed by atoms with Gasteiger partial charge in [-0.3, -0.25) is 14.7 Å². The molecule has 0 spiro atoms. The van der Waals surface area contributed by atoms with Crippen molar-refractivity contribution in [3.8, 4) is 0 Å². The summed E-state index contributed by atoms with van der Waals surface area (Å²) in [4.78, 5) is 21.5. The fourth-order valence-electron chi connectivity index (χ4n) is 6.52. The van der Waals surface area contributed by atoms with Crippen molar-refractivity contribution >= 4 is 16.8 Å². The zero-order chi connectivity index (χ0) is 25.2. The highest BCUT2D eigenvalue weighted by Gasteiger charge is 2.43. The van der Waals surface area contributed by atoms with Crippen molar-refractivity contribution in [2.75, 3.05) is 13.1 Å². The number of para-hydroxylation sites is 1. The molecule has 0 aliphatic carbocycles. The topological polar surface area (TPSA) is 45.2 Å². The summed E-state index contributed by atoms with van der Waals surface area (Å²) in [5.74, 6) is 0.789. The number of rotatable bonds is 7. The monoisotopic (exact) mass is 487 g/mol. The number of hydrogen-bond acceptors (Lipinski definition) is 3. The third-order valence-electron chi connectivity index (χ3n) is 8.38. The highest BCUT2D eigenvalue weighted by Crippen LogP contribution is 2.42. The van der Waals surface area contributed by atoms with Gasteiger partial charge in [0, 0.05) is 24.2 Å². The molecule has 4 nitrogen and oxygen atoms in total. The summed E-state index contributed by atoms with van der Waals surface area (Å²) in [7, 11) is 0. The predicted molar refractivity (Wildman–Crippen MR) is 149 cm³/mol. The number of nitrogens with zero attached hydrogens (tertiary/aromatic N) is 2. The van der Waals surface area contributed by atoms with Crippen molar-refractivity contribution in [2.45, 2.75) is 30.8 Å². The standard InChI is InChI=1S/C33H33N3O/c1-2-23-22-36-20-18-26(23)21-30(36)32(28-17-19-34-29-16-10-9-15-27(28)29)35-33(37)31(24-11-5-3-6-12-24)25-13-7-4-8-14-25/h2-17,19,23,26,30-32H,1,18,20-22H2,(H,35,37)/t23-,26-,30+,32-/m0/s1. The fraction of sp³-hybridized carbons (Fsp3) is 0.273. The van der Waals surface area contributed by atoms with E-state index in [1.807, 2.05) is 48.7 Å². The first-order valence-corrected chi connectivity index (χ1v) is 13.3. The maximum atomic E-state index is 14.3. The lowest BCUT2D eigenvalue weighted by Gasteiger charge is -2.51. The van der Waals surface area contributed by atoms with E-state index in [0.717, 1.165) is 47.1 Å². The van der Waals surface area contributed by atoms with E-state index in [9.17, 15) is 4.79 Å². The molecule has 4 heteroatoms. The van der Waals surface area contributed by atoms with Crippen LogP contribution in [-0.4, -0.2) is 34.9 Å². The molecule has 37 heavy (non-hydrogen) atoms. The van der Waals surface area contributed by atoms with Gasteiger partial charge in [-0.1, -0.05) is 84.9 Å². The first kappa shape index (κ1) is 23.6. The van der Waals surface area contributed by atoms with Crippen LogP contribution in [0.25, 0.3) is 10.9 Å². The Morgan fingerprint density at radius 1 is 0.946 bits per heavy atom. The van der Waals surface area contributed by atoms with Crippen molar-refractivity contribution < 1.29 is 4.79 Å². The number of benzene rings is 3. The number of amides is 1. The molecule has 1 amide bonds. The molecule has 4 aromatic rings. The number of pyridine rings is 1. The lowest BCUT2D eigenvalue weighted by atomic mass is 9.73. The van der Waals surface area contributed by atoms with Gasteiger partial charge in [-0.2, -0.15) is 0 Å². The Balaban J connectivity index is 1.41. The normalized spacial score (nSPS) is 23.6. The molecule has 7 rings (SSSR count). The van der Waals surface area contributed by atoms with Crippen molar-refractivity contribution in [2.24, 2.45) is 11.8 Å². The molecule has 3 aliphatic rings. The summed E-state index contributed by atoms with van der Waals surface area (Å²) in [5, 5.41) is 4.68. The van der Waals surface area contributed by atoms with Gasteiger partial charge in [-0.25, -0.2) is 0 Å². The van der Waals surface area contributed by atoms with Crippen LogP contribution in [0.3, 0.4) is 0 Å². The third-order valence-corrected chi connectivity index (χ3v) is 8.38. The van der Waals surface area contributed by atoms with Crippen LogP contribution in [0.4, 0.5) is 0 Å². The fourth-order valence-corrected chi connectivity index (χ4v) is 6.52. The van der Waals surface area contributed by atoms with Crippen molar-refractivity contribution in [3.63, 3.8) is 0 Å². The van der Waals surface area contributed by atoms with E-state index in [0.29, 0.717) is 11.8 Å². The number of nitrogens with one attached hydrogen (secondary N) is 1. The molecule has 3 saturated heterocycles. The molecular formula is C33H33N3O. The first-order chi connectivity index (χ1) is 18.2. The van der Waals surface area contributed by atoms with E-state index >= 15 is 0 Å². The van der Waals surface area contributed by atoms with Gasteiger partial charge < -0.3 is 5.32 Å². The molecular weight excluding hydrogens is 454 g/mol. The van der Waals surface area contributed by atoms with Gasteiger partial charge in [-0.05, 0) is 60.0 Å². The molecule has 0 radical (unpaired) electrons. The van der Waals surface area contributed by atoms with E-state index in [1.54, 1.807) is 0 Å². The zero-order valence-electron chi connectivity index (χ0n) is 21.0. The second-order valence-electron chi connectivity index (χ2n) is 10.4. The SMILES string of the molecule is C=C[C@H]1CN2CC[C@H]1C[C@@H]2[C@@H](NC(=O)C(c1ccccc1)c1ccccc1)c1ccnc2ccccc12.